The van der Waals surface area contributed by atoms with E-state index in [0.29, 0.717) is 0 Å². The van der Waals surface area contributed by atoms with E-state index >= 15 is 0 Å². The van der Waals surface area contributed by atoms with Crippen LogP contribution in [0.1, 0.15) is 29.7 Å². The predicted molar refractivity (Wildman–Crippen MR) is 97.0 cm³/mol. The number of rotatable bonds is 6. The fourth-order valence-corrected chi connectivity index (χ4v) is 2.86. The standard InChI is InChI=1S/C18H22INO/c1-4-20-17(12-14-6-8-15(19)9-7-14)16-10-5-13(2)11-18(16)21-3/h5-11,17,20H,4,12H2,1-3H3. The Balaban J connectivity index is 2.28. The lowest BCUT2D eigenvalue weighted by Crippen LogP contribution is -2.23. The fraction of sp³-hybridized carbons (Fsp3) is 0.333. The van der Waals surface area contributed by atoms with E-state index in [0.717, 1.165) is 18.7 Å². The zero-order chi connectivity index (χ0) is 15.2. The van der Waals surface area contributed by atoms with Crippen LogP contribution in [-0.4, -0.2) is 13.7 Å². The number of nitrogens with one attached hydrogen (secondary N) is 1. The SMILES string of the molecule is CCNC(Cc1ccc(I)cc1)c1ccc(C)cc1OC. The van der Waals surface area contributed by atoms with Crippen LogP contribution in [0.3, 0.4) is 0 Å². The first-order valence-electron chi connectivity index (χ1n) is 7.26. The molecule has 0 saturated heterocycles. The van der Waals surface area contributed by atoms with E-state index in [1.807, 2.05) is 0 Å². The monoisotopic (exact) mass is 395 g/mol. The van der Waals surface area contributed by atoms with E-state index in [4.69, 9.17) is 4.74 Å². The molecule has 0 fully saturated rings. The lowest BCUT2D eigenvalue weighted by molar-refractivity contribution is 0.399. The molecule has 1 unspecified atom stereocenters. The largest absolute Gasteiger partial charge is 0.496 e. The fourth-order valence-electron chi connectivity index (χ4n) is 2.50. The van der Waals surface area contributed by atoms with Gasteiger partial charge in [0.15, 0.2) is 0 Å². The minimum absolute atomic E-state index is 0.269. The average Bonchev–Trinajstić information content (AvgIpc) is 2.49. The van der Waals surface area contributed by atoms with Crippen LogP contribution < -0.4 is 10.1 Å². The molecule has 0 amide bonds. The van der Waals surface area contributed by atoms with Crippen molar-refractivity contribution in [3.8, 4) is 5.75 Å². The molecule has 0 aliphatic rings. The molecule has 2 nitrogen and oxygen atoms in total. The lowest BCUT2D eigenvalue weighted by Gasteiger charge is -2.21. The minimum atomic E-state index is 0.269. The van der Waals surface area contributed by atoms with Crippen LogP contribution in [0.5, 0.6) is 5.75 Å². The number of methoxy groups -OCH3 is 1. The molecule has 1 N–H and O–H groups in total. The highest BCUT2D eigenvalue weighted by Crippen LogP contribution is 2.28. The summed E-state index contributed by atoms with van der Waals surface area (Å²) in [6, 6.07) is 15.4. The molecule has 2 aromatic carbocycles. The van der Waals surface area contributed by atoms with Crippen molar-refractivity contribution in [2.24, 2.45) is 0 Å². The van der Waals surface area contributed by atoms with Crippen molar-refractivity contribution in [1.82, 2.24) is 5.32 Å². The molecule has 0 radical (unpaired) electrons. The number of aryl methyl sites for hydroxylation is 1. The van der Waals surface area contributed by atoms with Gasteiger partial charge in [-0.3, -0.25) is 0 Å². The highest BCUT2D eigenvalue weighted by Gasteiger charge is 2.16. The van der Waals surface area contributed by atoms with Crippen molar-refractivity contribution in [2.75, 3.05) is 13.7 Å². The predicted octanol–water partition coefficient (Wildman–Crippen LogP) is 4.50. The first kappa shape index (κ1) is 16.3. The zero-order valence-corrected chi connectivity index (χ0v) is 15.0. The first-order valence-corrected chi connectivity index (χ1v) is 8.34. The molecule has 0 aromatic heterocycles. The molecule has 2 aromatic rings. The van der Waals surface area contributed by atoms with Crippen LogP contribution in [0.15, 0.2) is 42.5 Å². The van der Waals surface area contributed by atoms with Crippen LogP contribution in [0.2, 0.25) is 0 Å². The van der Waals surface area contributed by atoms with Gasteiger partial charge in [-0.05, 0) is 71.8 Å². The quantitative estimate of drug-likeness (QED) is 0.728. The van der Waals surface area contributed by atoms with Crippen LogP contribution in [-0.2, 0) is 6.42 Å². The molecule has 21 heavy (non-hydrogen) atoms. The summed E-state index contributed by atoms with van der Waals surface area (Å²) < 4.78 is 6.84. The van der Waals surface area contributed by atoms with Gasteiger partial charge in [0, 0.05) is 15.2 Å². The van der Waals surface area contributed by atoms with Gasteiger partial charge in [-0.2, -0.15) is 0 Å². The molecule has 0 aliphatic heterocycles. The molecule has 0 saturated carbocycles. The van der Waals surface area contributed by atoms with Crippen molar-refractivity contribution in [3.05, 3.63) is 62.7 Å². The van der Waals surface area contributed by atoms with Gasteiger partial charge in [0.2, 0.25) is 0 Å². The Bertz CT molecular complexity index is 580. The Morgan fingerprint density at radius 3 is 2.48 bits per heavy atom. The summed E-state index contributed by atoms with van der Waals surface area (Å²) in [7, 11) is 1.74. The van der Waals surface area contributed by atoms with E-state index in [2.05, 4.69) is 84.2 Å². The van der Waals surface area contributed by atoms with Crippen molar-refractivity contribution >= 4 is 22.6 Å². The first-order chi connectivity index (χ1) is 10.1. The molecular formula is C18H22INO. The second kappa shape index (κ2) is 7.80. The van der Waals surface area contributed by atoms with Gasteiger partial charge in [0.1, 0.15) is 5.75 Å². The van der Waals surface area contributed by atoms with Gasteiger partial charge in [-0.1, -0.05) is 31.2 Å². The third kappa shape index (κ3) is 4.45. The number of likely N-dealkylation sites (N-methyl/N-ethyl adjacent to an activating group) is 1. The molecular weight excluding hydrogens is 373 g/mol. The van der Waals surface area contributed by atoms with Crippen molar-refractivity contribution in [3.63, 3.8) is 0 Å². The summed E-state index contributed by atoms with van der Waals surface area (Å²) >= 11 is 2.34. The molecule has 0 aliphatic carbocycles. The summed E-state index contributed by atoms with van der Waals surface area (Å²) in [5.74, 6) is 0.964. The highest BCUT2D eigenvalue weighted by molar-refractivity contribution is 14.1. The number of ether oxygens (including phenoxy) is 1. The van der Waals surface area contributed by atoms with Crippen molar-refractivity contribution in [1.29, 1.82) is 0 Å². The Hall–Kier alpha value is -1.07. The van der Waals surface area contributed by atoms with E-state index in [-0.39, 0.29) is 6.04 Å². The van der Waals surface area contributed by atoms with Crippen molar-refractivity contribution < 1.29 is 4.74 Å². The smallest absolute Gasteiger partial charge is 0.123 e. The van der Waals surface area contributed by atoms with Gasteiger partial charge in [-0.25, -0.2) is 0 Å². The molecule has 112 valence electrons. The zero-order valence-electron chi connectivity index (χ0n) is 12.8. The van der Waals surface area contributed by atoms with E-state index in [1.54, 1.807) is 7.11 Å². The van der Waals surface area contributed by atoms with Gasteiger partial charge >= 0.3 is 0 Å². The third-order valence-corrected chi connectivity index (χ3v) is 4.29. The third-order valence-electron chi connectivity index (χ3n) is 3.57. The van der Waals surface area contributed by atoms with Gasteiger partial charge in [-0.15, -0.1) is 0 Å². The molecule has 0 bridgehead atoms. The summed E-state index contributed by atoms with van der Waals surface area (Å²) in [5.41, 5.74) is 3.78. The van der Waals surface area contributed by atoms with Crippen LogP contribution in [0.4, 0.5) is 0 Å². The normalized spacial score (nSPS) is 12.2. The van der Waals surface area contributed by atoms with E-state index < -0.39 is 0 Å². The topological polar surface area (TPSA) is 21.3 Å². The highest BCUT2D eigenvalue weighted by atomic mass is 127. The van der Waals surface area contributed by atoms with Gasteiger partial charge < -0.3 is 10.1 Å². The maximum Gasteiger partial charge on any atom is 0.123 e. The van der Waals surface area contributed by atoms with E-state index in [9.17, 15) is 0 Å². The summed E-state index contributed by atoms with van der Waals surface area (Å²) in [6.45, 7) is 5.17. The molecule has 0 spiro atoms. The summed E-state index contributed by atoms with van der Waals surface area (Å²) in [6.07, 6.45) is 0.962. The van der Waals surface area contributed by atoms with Crippen molar-refractivity contribution in [2.45, 2.75) is 26.3 Å². The second-order valence-corrected chi connectivity index (χ2v) is 6.43. The summed E-state index contributed by atoms with van der Waals surface area (Å²) in [5, 5.41) is 3.57. The Morgan fingerprint density at radius 2 is 1.86 bits per heavy atom. The Labute approximate surface area is 141 Å². The number of hydrogen-bond donors (Lipinski definition) is 1. The van der Waals surface area contributed by atoms with Crippen LogP contribution in [0.25, 0.3) is 0 Å². The Morgan fingerprint density at radius 1 is 1.14 bits per heavy atom. The molecule has 1 atom stereocenters. The molecule has 3 heteroatoms. The van der Waals surface area contributed by atoms with Gasteiger partial charge in [0.25, 0.3) is 0 Å². The second-order valence-electron chi connectivity index (χ2n) is 5.19. The lowest BCUT2D eigenvalue weighted by atomic mass is 9.97. The number of benzene rings is 2. The van der Waals surface area contributed by atoms with Crippen LogP contribution in [0, 0.1) is 10.5 Å². The van der Waals surface area contributed by atoms with E-state index in [1.165, 1.54) is 20.3 Å². The molecule has 0 heterocycles. The van der Waals surface area contributed by atoms with Crippen LogP contribution >= 0.6 is 22.6 Å². The summed E-state index contributed by atoms with van der Waals surface area (Å²) in [4.78, 5) is 0. The minimum Gasteiger partial charge on any atom is -0.496 e. The number of hydrogen-bond acceptors (Lipinski definition) is 2. The maximum absolute atomic E-state index is 5.57. The maximum atomic E-state index is 5.57. The average molecular weight is 395 g/mol. The number of halogens is 1. The van der Waals surface area contributed by atoms with Gasteiger partial charge in [0.05, 0.1) is 7.11 Å². The Kier molecular flexibility index (Phi) is 6.06. The molecule has 2 rings (SSSR count).